The molecule has 0 unspecified atom stereocenters. The van der Waals surface area contributed by atoms with Crippen molar-refractivity contribution in [3.8, 4) is 5.75 Å². The van der Waals surface area contributed by atoms with Gasteiger partial charge in [0.05, 0.1) is 0 Å². The van der Waals surface area contributed by atoms with E-state index in [0.29, 0.717) is 18.7 Å². The molecule has 24 heavy (non-hydrogen) atoms. The average Bonchev–Trinajstić information content (AvgIpc) is 2.59. The summed E-state index contributed by atoms with van der Waals surface area (Å²) in [5.74, 6) is 0.941. The topological polar surface area (TPSA) is 41.6 Å². The molecular weight excluding hydrogens is 307 g/mol. The van der Waals surface area contributed by atoms with Crippen LogP contribution in [0.3, 0.4) is 0 Å². The van der Waals surface area contributed by atoms with Crippen molar-refractivity contribution in [2.45, 2.75) is 45.6 Å². The largest absolute Gasteiger partial charge is 0.481 e. The van der Waals surface area contributed by atoms with Crippen molar-refractivity contribution in [1.29, 1.82) is 0 Å². The van der Waals surface area contributed by atoms with Crippen LogP contribution < -0.4 is 10.1 Å². The van der Waals surface area contributed by atoms with Crippen LogP contribution in [0.5, 0.6) is 5.75 Å². The SMILES string of the molecule is CC[C@H](Oc1ccc(F)cc1)C(=O)NCCCN1CCC(C)CC1. The zero-order chi connectivity index (χ0) is 17.4. The highest BCUT2D eigenvalue weighted by atomic mass is 19.1. The Bertz CT molecular complexity index is 499. The van der Waals surface area contributed by atoms with Crippen molar-refractivity contribution in [3.63, 3.8) is 0 Å². The molecule has 0 aromatic heterocycles. The predicted octanol–water partition coefficient (Wildman–Crippen LogP) is 3.22. The van der Waals surface area contributed by atoms with Crippen LogP contribution in [-0.2, 0) is 4.79 Å². The van der Waals surface area contributed by atoms with E-state index < -0.39 is 6.10 Å². The molecule has 0 aliphatic carbocycles. The fraction of sp³-hybridized carbons (Fsp3) is 0.632. The van der Waals surface area contributed by atoms with Gasteiger partial charge in [-0.05, 0) is 75.5 Å². The summed E-state index contributed by atoms with van der Waals surface area (Å²) in [6, 6.07) is 5.75. The monoisotopic (exact) mass is 336 g/mol. The molecule has 2 rings (SSSR count). The third kappa shape index (κ3) is 6.11. The molecule has 1 aliphatic heterocycles. The molecule has 1 aromatic rings. The number of benzene rings is 1. The van der Waals surface area contributed by atoms with Gasteiger partial charge in [-0.3, -0.25) is 4.79 Å². The van der Waals surface area contributed by atoms with Gasteiger partial charge >= 0.3 is 0 Å². The Kier molecular flexibility index (Phi) is 7.50. The minimum Gasteiger partial charge on any atom is -0.481 e. The number of likely N-dealkylation sites (tertiary alicyclic amines) is 1. The normalized spacial score (nSPS) is 17.5. The second-order valence-electron chi connectivity index (χ2n) is 6.64. The van der Waals surface area contributed by atoms with Crippen LogP contribution in [0.15, 0.2) is 24.3 Å². The Labute approximate surface area is 144 Å². The number of ether oxygens (including phenoxy) is 1. The molecule has 4 nitrogen and oxygen atoms in total. The maximum Gasteiger partial charge on any atom is 0.261 e. The lowest BCUT2D eigenvalue weighted by Gasteiger charge is -2.30. The summed E-state index contributed by atoms with van der Waals surface area (Å²) in [6.07, 6.45) is 3.54. The first kappa shape index (κ1) is 18.7. The Morgan fingerprint density at radius 3 is 2.62 bits per heavy atom. The summed E-state index contributed by atoms with van der Waals surface area (Å²) < 4.78 is 18.6. The van der Waals surface area contributed by atoms with Gasteiger partial charge in [-0.25, -0.2) is 4.39 Å². The highest BCUT2D eigenvalue weighted by molar-refractivity contribution is 5.81. The van der Waals surface area contributed by atoms with Crippen LogP contribution in [0.1, 0.15) is 39.5 Å². The lowest BCUT2D eigenvalue weighted by atomic mass is 9.99. The maximum absolute atomic E-state index is 12.9. The third-order valence-electron chi connectivity index (χ3n) is 4.58. The number of rotatable bonds is 8. The lowest BCUT2D eigenvalue weighted by Crippen LogP contribution is -2.40. The van der Waals surface area contributed by atoms with E-state index in [0.717, 1.165) is 18.9 Å². The maximum atomic E-state index is 12.9. The minimum atomic E-state index is -0.536. The number of carbonyl (C=O) groups excluding carboxylic acids is 1. The van der Waals surface area contributed by atoms with Crippen molar-refractivity contribution in [3.05, 3.63) is 30.1 Å². The van der Waals surface area contributed by atoms with Gasteiger partial charge in [0.2, 0.25) is 0 Å². The molecule has 1 fully saturated rings. The van der Waals surface area contributed by atoms with Crippen LogP contribution in [0.25, 0.3) is 0 Å². The lowest BCUT2D eigenvalue weighted by molar-refractivity contribution is -0.128. The number of nitrogens with one attached hydrogen (secondary N) is 1. The van der Waals surface area contributed by atoms with Gasteiger partial charge in [0, 0.05) is 6.54 Å². The second kappa shape index (κ2) is 9.62. The van der Waals surface area contributed by atoms with Gasteiger partial charge in [0.15, 0.2) is 6.10 Å². The summed E-state index contributed by atoms with van der Waals surface area (Å²) in [7, 11) is 0. The zero-order valence-electron chi connectivity index (χ0n) is 14.8. The van der Waals surface area contributed by atoms with E-state index in [4.69, 9.17) is 4.74 Å². The minimum absolute atomic E-state index is 0.103. The van der Waals surface area contributed by atoms with E-state index in [-0.39, 0.29) is 11.7 Å². The van der Waals surface area contributed by atoms with Crippen molar-refractivity contribution < 1.29 is 13.9 Å². The molecule has 0 radical (unpaired) electrons. The van der Waals surface area contributed by atoms with Crippen molar-refractivity contribution in [2.75, 3.05) is 26.2 Å². The highest BCUT2D eigenvalue weighted by Crippen LogP contribution is 2.16. The summed E-state index contributed by atoms with van der Waals surface area (Å²) in [5.41, 5.74) is 0. The number of halogens is 1. The van der Waals surface area contributed by atoms with Gasteiger partial charge in [-0.15, -0.1) is 0 Å². The summed E-state index contributed by atoms with van der Waals surface area (Å²) in [5, 5.41) is 2.95. The number of nitrogens with zero attached hydrogens (tertiary/aromatic N) is 1. The van der Waals surface area contributed by atoms with Crippen molar-refractivity contribution in [1.82, 2.24) is 10.2 Å². The predicted molar refractivity (Wildman–Crippen MR) is 93.6 cm³/mol. The summed E-state index contributed by atoms with van der Waals surface area (Å²) >= 11 is 0. The highest BCUT2D eigenvalue weighted by Gasteiger charge is 2.18. The fourth-order valence-corrected chi connectivity index (χ4v) is 2.91. The smallest absolute Gasteiger partial charge is 0.261 e. The Balaban J connectivity index is 1.67. The first-order valence-electron chi connectivity index (χ1n) is 9.00. The molecule has 0 spiro atoms. The molecule has 1 aromatic carbocycles. The molecule has 1 amide bonds. The summed E-state index contributed by atoms with van der Waals surface area (Å²) in [4.78, 5) is 14.7. The third-order valence-corrected chi connectivity index (χ3v) is 4.58. The molecule has 1 atom stereocenters. The van der Waals surface area contributed by atoms with E-state index in [2.05, 4.69) is 17.1 Å². The average molecular weight is 336 g/mol. The number of amides is 1. The molecule has 1 saturated heterocycles. The first-order chi connectivity index (χ1) is 11.6. The number of carbonyl (C=O) groups is 1. The Morgan fingerprint density at radius 2 is 2.00 bits per heavy atom. The molecule has 1 aliphatic rings. The van der Waals surface area contributed by atoms with Gasteiger partial charge in [0.25, 0.3) is 5.91 Å². The Morgan fingerprint density at radius 1 is 1.33 bits per heavy atom. The van der Waals surface area contributed by atoms with Gasteiger partial charge in [-0.1, -0.05) is 13.8 Å². The quantitative estimate of drug-likeness (QED) is 0.741. The van der Waals surface area contributed by atoms with Crippen LogP contribution >= 0.6 is 0 Å². The van der Waals surface area contributed by atoms with E-state index in [1.54, 1.807) is 12.1 Å². The standard InChI is InChI=1S/C19H29FN2O2/c1-3-18(24-17-7-5-16(20)6-8-17)19(23)21-11-4-12-22-13-9-15(2)10-14-22/h5-8,15,18H,3-4,9-14H2,1-2H3,(H,21,23)/t18-/m0/s1. The first-order valence-corrected chi connectivity index (χ1v) is 9.00. The Hall–Kier alpha value is -1.62. The molecule has 134 valence electrons. The van der Waals surface area contributed by atoms with Crippen LogP contribution in [0, 0.1) is 11.7 Å². The zero-order valence-corrected chi connectivity index (χ0v) is 14.8. The van der Waals surface area contributed by atoms with E-state index >= 15 is 0 Å². The molecule has 1 N–H and O–H groups in total. The van der Waals surface area contributed by atoms with Crippen molar-refractivity contribution in [2.24, 2.45) is 5.92 Å². The fourth-order valence-electron chi connectivity index (χ4n) is 2.91. The summed E-state index contributed by atoms with van der Waals surface area (Å²) in [6.45, 7) is 8.24. The van der Waals surface area contributed by atoms with E-state index in [9.17, 15) is 9.18 Å². The molecule has 1 heterocycles. The molecule has 5 heteroatoms. The second-order valence-corrected chi connectivity index (χ2v) is 6.64. The van der Waals surface area contributed by atoms with Crippen LogP contribution in [0.2, 0.25) is 0 Å². The number of piperidine rings is 1. The van der Waals surface area contributed by atoms with Gasteiger partial charge in [-0.2, -0.15) is 0 Å². The molecular formula is C19H29FN2O2. The van der Waals surface area contributed by atoms with E-state index in [1.807, 2.05) is 6.92 Å². The van der Waals surface area contributed by atoms with Gasteiger partial charge < -0.3 is 15.0 Å². The van der Waals surface area contributed by atoms with Gasteiger partial charge in [0.1, 0.15) is 11.6 Å². The van der Waals surface area contributed by atoms with Crippen LogP contribution in [-0.4, -0.2) is 43.1 Å². The number of hydrogen-bond donors (Lipinski definition) is 1. The van der Waals surface area contributed by atoms with Crippen LogP contribution in [0.4, 0.5) is 4.39 Å². The molecule has 0 bridgehead atoms. The van der Waals surface area contributed by atoms with E-state index in [1.165, 1.54) is 38.1 Å². The molecule has 0 saturated carbocycles. The van der Waals surface area contributed by atoms with Crippen molar-refractivity contribution >= 4 is 5.91 Å². The number of hydrogen-bond acceptors (Lipinski definition) is 3.